The number of halogens is 2. The fraction of sp³-hybridized carbons (Fsp3) is 0.0909. The van der Waals surface area contributed by atoms with Crippen LogP contribution in [-0.4, -0.2) is 14.8 Å². The van der Waals surface area contributed by atoms with Crippen molar-refractivity contribution in [1.82, 2.24) is 4.57 Å². The van der Waals surface area contributed by atoms with Crippen LogP contribution in [0.15, 0.2) is 30.3 Å². The largest absolute Gasteiger partial charge is 0.494 e. The lowest BCUT2D eigenvalue weighted by atomic mass is 10.3. The molecule has 0 amide bonds. The van der Waals surface area contributed by atoms with Gasteiger partial charge in [-0.05, 0) is 24.3 Å². The molecule has 1 aromatic carbocycles. The molecule has 0 atom stereocenters. The third-order valence-electron chi connectivity index (χ3n) is 2.26. The summed E-state index contributed by atoms with van der Waals surface area (Å²) < 4.78 is 14.0. The Hall–Kier alpha value is -1.49. The van der Waals surface area contributed by atoms with Crippen molar-refractivity contribution in [2.45, 2.75) is 5.33 Å². The SMILES string of the molecule is Oc1cc(CBr)c(O)n1-c1ccc(F)cc1. The topological polar surface area (TPSA) is 45.4 Å². The summed E-state index contributed by atoms with van der Waals surface area (Å²) in [5.74, 6) is -0.504. The van der Waals surface area contributed by atoms with Crippen LogP contribution in [0.25, 0.3) is 5.69 Å². The van der Waals surface area contributed by atoms with E-state index in [2.05, 4.69) is 15.9 Å². The lowest BCUT2D eigenvalue weighted by Crippen LogP contribution is -1.92. The first-order valence-electron chi connectivity index (χ1n) is 4.58. The Morgan fingerprint density at radius 2 is 1.81 bits per heavy atom. The average Bonchev–Trinajstić information content (AvgIpc) is 2.56. The molecular weight excluding hydrogens is 277 g/mol. The number of rotatable bonds is 2. The Morgan fingerprint density at radius 3 is 2.31 bits per heavy atom. The molecule has 0 unspecified atom stereocenters. The molecule has 2 rings (SSSR count). The summed E-state index contributed by atoms with van der Waals surface area (Å²) in [6.45, 7) is 0. The number of aromatic hydroxyl groups is 2. The Balaban J connectivity index is 2.55. The molecule has 0 saturated carbocycles. The maximum absolute atomic E-state index is 12.7. The molecule has 0 radical (unpaired) electrons. The van der Waals surface area contributed by atoms with E-state index in [4.69, 9.17) is 0 Å². The third-order valence-corrected chi connectivity index (χ3v) is 2.86. The molecule has 2 N–H and O–H groups in total. The van der Waals surface area contributed by atoms with E-state index in [9.17, 15) is 14.6 Å². The van der Waals surface area contributed by atoms with Crippen molar-refractivity contribution >= 4 is 15.9 Å². The van der Waals surface area contributed by atoms with Gasteiger partial charge in [0.15, 0.2) is 5.88 Å². The van der Waals surface area contributed by atoms with E-state index in [0.717, 1.165) is 0 Å². The second-order valence-corrected chi connectivity index (χ2v) is 3.86. The highest BCUT2D eigenvalue weighted by Crippen LogP contribution is 2.32. The Kier molecular flexibility index (Phi) is 2.87. The highest BCUT2D eigenvalue weighted by Gasteiger charge is 2.14. The summed E-state index contributed by atoms with van der Waals surface area (Å²) >= 11 is 3.20. The van der Waals surface area contributed by atoms with Crippen LogP contribution < -0.4 is 0 Å². The van der Waals surface area contributed by atoms with Gasteiger partial charge in [-0.3, -0.25) is 4.57 Å². The van der Waals surface area contributed by atoms with Crippen molar-refractivity contribution in [3.63, 3.8) is 0 Å². The molecule has 0 spiro atoms. The molecule has 1 aromatic heterocycles. The zero-order valence-electron chi connectivity index (χ0n) is 8.19. The molecule has 1 heterocycles. The van der Waals surface area contributed by atoms with Crippen molar-refractivity contribution in [2.24, 2.45) is 0 Å². The van der Waals surface area contributed by atoms with Gasteiger partial charge in [0.25, 0.3) is 0 Å². The van der Waals surface area contributed by atoms with Crippen molar-refractivity contribution in [2.75, 3.05) is 0 Å². The molecule has 3 nitrogen and oxygen atoms in total. The predicted octanol–water partition coefficient (Wildman–Crippen LogP) is 2.92. The number of alkyl halides is 1. The van der Waals surface area contributed by atoms with Gasteiger partial charge in [0.1, 0.15) is 5.82 Å². The first-order chi connectivity index (χ1) is 7.63. The Morgan fingerprint density at radius 1 is 1.19 bits per heavy atom. The van der Waals surface area contributed by atoms with Crippen molar-refractivity contribution in [3.05, 3.63) is 41.7 Å². The Labute approximate surface area is 99.9 Å². The first-order valence-corrected chi connectivity index (χ1v) is 5.70. The molecule has 0 aliphatic carbocycles. The second kappa shape index (κ2) is 4.17. The summed E-state index contributed by atoms with van der Waals surface area (Å²) in [5.41, 5.74) is 1.07. The monoisotopic (exact) mass is 285 g/mol. The maximum Gasteiger partial charge on any atom is 0.202 e. The molecule has 84 valence electrons. The molecule has 0 aliphatic heterocycles. The minimum atomic E-state index is -0.365. The normalized spacial score (nSPS) is 10.6. The summed E-state index contributed by atoms with van der Waals surface area (Å²) in [5, 5.41) is 19.9. The molecule has 5 heteroatoms. The van der Waals surface area contributed by atoms with Gasteiger partial charge in [-0.25, -0.2) is 4.39 Å². The van der Waals surface area contributed by atoms with Gasteiger partial charge in [-0.2, -0.15) is 0 Å². The summed E-state index contributed by atoms with van der Waals surface area (Å²) in [6.07, 6.45) is 0. The van der Waals surface area contributed by atoms with Crippen LogP contribution in [0.4, 0.5) is 4.39 Å². The number of hydrogen-bond acceptors (Lipinski definition) is 2. The van der Waals surface area contributed by atoms with E-state index in [1.807, 2.05) is 0 Å². The minimum Gasteiger partial charge on any atom is -0.494 e. The van der Waals surface area contributed by atoms with E-state index in [1.165, 1.54) is 34.9 Å². The first kappa shape index (κ1) is 11.0. The highest BCUT2D eigenvalue weighted by atomic mass is 79.9. The molecular formula is C11H9BrFNO2. The van der Waals surface area contributed by atoms with Crippen LogP contribution in [0.3, 0.4) is 0 Å². The van der Waals surface area contributed by atoms with E-state index in [0.29, 0.717) is 16.6 Å². The zero-order valence-corrected chi connectivity index (χ0v) is 9.78. The fourth-order valence-corrected chi connectivity index (χ4v) is 1.89. The smallest absolute Gasteiger partial charge is 0.202 e. The van der Waals surface area contributed by atoms with Crippen molar-refractivity contribution < 1.29 is 14.6 Å². The van der Waals surface area contributed by atoms with Crippen LogP contribution in [0, 0.1) is 5.82 Å². The van der Waals surface area contributed by atoms with Crippen LogP contribution in [-0.2, 0) is 5.33 Å². The number of hydrogen-bond donors (Lipinski definition) is 2. The predicted molar refractivity (Wildman–Crippen MR) is 61.7 cm³/mol. The standard InChI is InChI=1S/C11H9BrFNO2/c12-6-7-5-10(15)14(11(7)16)9-3-1-8(13)2-4-9/h1-5,15-16H,6H2. The van der Waals surface area contributed by atoms with E-state index < -0.39 is 0 Å². The molecule has 0 saturated heterocycles. The number of benzene rings is 1. The zero-order chi connectivity index (χ0) is 11.7. The summed E-state index contributed by atoms with van der Waals surface area (Å²) in [4.78, 5) is 0. The molecule has 0 fully saturated rings. The molecule has 0 bridgehead atoms. The molecule has 16 heavy (non-hydrogen) atoms. The van der Waals surface area contributed by atoms with Crippen LogP contribution >= 0.6 is 15.9 Å². The van der Waals surface area contributed by atoms with Crippen molar-refractivity contribution in [3.8, 4) is 17.4 Å². The molecule has 2 aromatic rings. The lowest BCUT2D eigenvalue weighted by Gasteiger charge is -2.06. The van der Waals surface area contributed by atoms with E-state index in [-0.39, 0.29) is 17.6 Å². The van der Waals surface area contributed by atoms with Crippen LogP contribution in [0.2, 0.25) is 0 Å². The summed E-state index contributed by atoms with van der Waals surface area (Å²) in [7, 11) is 0. The average molecular weight is 286 g/mol. The van der Waals surface area contributed by atoms with Crippen LogP contribution in [0.5, 0.6) is 11.8 Å². The quantitative estimate of drug-likeness (QED) is 0.834. The van der Waals surface area contributed by atoms with Gasteiger partial charge >= 0.3 is 0 Å². The number of aromatic nitrogens is 1. The van der Waals surface area contributed by atoms with Gasteiger partial charge < -0.3 is 10.2 Å². The maximum atomic E-state index is 12.7. The van der Waals surface area contributed by atoms with Gasteiger partial charge in [-0.15, -0.1) is 0 Å². The third kappa shape index (κ3) is 1.78. The van der Waals surface area contributed by atoms with Gasteiger partial charge in [0, 0.05) is 17.0 Å². The summed E-state index contributed by atoms with van der Waals surface area (Å²) in [6, 6.07) is 6.94. The highest BCUT2D eigenvalue weighted by molar-refractivity contribution is 9.08. The van der Waals surface area contributed by atoms with Gasteiger partial charge in [0.2, 0.25) is 5.88 Å². The van der Waals surface area contributed by atoms with Crippen molar-refractivity contribution in [1.29, 1.82) is 0 Å². The lowest BCUT2D eigenvalue weighted by molar-refractivity contribution is 0.401. The minimum absolute atomic E-state index is 0.0546. The van der Waals surface area contributed by atoms with E-state index in [1.54, 1.807) is 0 Å². The Bertz CT molecular complexity index is 507. The second-order valence-electron chi connectivity index (χ2n) is 3.30. The fourth-order valence-electron chi connectivity index (χ4n) is 1.48. The van der Waals surface area contributed by atoms with Gasteiger partial charge in [-0.1, -0.05) is 15.9 Å². The van der Waals surface area contributed by atoms with Gasteiger partial charge in [0.05, 0.1) is 5.69 Å². The molecule has 0 aliphatic rings. The van der Waals surface area contributed by atoms with Crippen LogP contribution in [0.1, 0.15) is 5.56 Å². The van der Waals surface area contributed by atoms with E-state index >= 15 is 0 Å². The number of nitrogens with zero attached hydrogens (tertiary/aromatic N) is 1.